The fourth-order valence-electron chi connectivity index (χ4n) is 2.50. The second-order valence-corrected chi connectivity index (χ2v) is 4.78. The Labute approximate surface area is 103 Å². The van der Waals surface area contributed by atoms with Gasteiger partial charge in [-0.3, -0.25) is 0 Å². The number of hydrogen-bond donors (Lipinski definition) is 2. The third-order valence-electron chi connectivity index (χ3n) is 3.51. The molecule has 0 bridgehead atoms. The van der Waals surface area contributed by atoms with Crippen LogP contribution >= 0.6 is 0 Å². The van der Waals surface area contributed by atoms with Crippen LogP contribution in [-0.4, -0.2) is 36.9 Å². The largest absolute Gasteiger partial charge is 0.394 e. The van der Waals surface area contributed by atoms with Gasteiger partial charge >= 0.3 is 0 Å². The van der Waals surface area contributed by atoms with E-state index in [1.165, 1.54) is 11.3 Å². The van der Waals surface area contributed by atoms with E-state index in [2.05, 4.69) is 48.3 Å². The molecule has 94 valence electrons. The zero-order valence-electron chi connectivity index (χ0n) is 10.7. The number of nitrogens with zero attached hydrogens (tertiary/aromatic N) is 1. The summed E-state index contributed by atoms with van der Waals surface area (Å²) in [6, 6.07) is 9.18. The van der Waals surface area contributed by atoms with E-state index in [0.29, 0.717) is 6.04 Å². The Hall–Kier alpha value is -1.06. The quantitative estimate of drug-likeness (QED) is 0.830. The molecule has 2 N–H and O–H groups in total. The van der Waals surface area contributed by atoms with Gasteiger partial charge in [0.15, 0.2) is 0 Å². The van der Waals surface area contributed by atoms with Crippen LogP contribution in [0.4, 0.5) is 5.69 Å². The first-order valence-electron chi connectivity index (χ1n) is 6.45. The topological polar surface area (TPSA) is 35.5 Å². The van der Waals surface area contributed by atoms with E-state index in [9.17, 15) is 5.11 Å². The van der Waals surface area contributed by atoms with Crippen LogP contribution in [0.25, 0.3) is 0 Å². The van der Waals surface area contributed by atoms with E-state index in [1.54, 1.807) is 0 Å². The lowest BCUT2D eigenvalue weighted by molar-refractivity contribution is 0.237. The first-order chi connectivity index (χ1) is 8.26. The number of hydrogen-bond acceptors (Lipinski definition) is 3. The highest BCUT2D eigenvalue weighted by Crippen LogP contribution is 2.24. The molecular weight excluding hydrogens is 212 g/mol. The van der Waals surface area contributed by atoms with Crippen molar-refractivity contribution in [1.82, 2.24) is 5.32 Å². The van der Waals surface area contributed by atoms with E-state index in [-0.39, 0.29) is 12.6 Å². The maximum atomic E-state index is 9.49. The first-order valence-corrected chi connectivity index (χ1v) is 6.45. The molecule has 2 atom stereocenters. The fourth-order valence-corrected chi connectivity index (χ4v) is 2.50. The van der Waals surface area contributed by atoms with Crippen LogP contribution < -0.4 is 10.2 Å². The Morgan fingerprint density at radius 3 is 2.88 bits per heavy atom. The van der Waals surface area contributed by atoms with Crippen LogP contribution in [0.1, 0.15) is 19.4 Å². The van der Waals surface area contributed by atoms with Gasteiger partial charge in [0.25, 0.3) is 0 Å². The number of rotatable bonds is 3. The number of aliphatic hydroxyl groups excluding tert-OH is 1. The zero-order valence-corrected chi connectivity index (χ0v) is 10.7. The molecule has 1 saturated heterocycles. The number of anilines is 1. The normalized spacial score (nSPS) is 25.0. The predicted molar refractivity (Wildman–Crippen MR) is 71.5 cm³/mol. The SMILES string of the molecule is CCc1ccccc1N1CC(C)NCC1CO. The summed E-state index contributed by atoms with van der Waals surface area (Å²) in [7, 11) is 0. The summed E-state index contributed by atoms with van der Waals surface area (Å²) in [5.74, 6) is 0. The third-order valence-corrected chi connectivity index (χ3v) is 3.51. The average Bonchev–Trinajstić information content (AvgIpc) is 2.38. The second-order valence-electron chi connectivity index (χ2n) is 4.78. The molecule has 1 fully saturated rings. The van der Waals surface area contributed by atoms with E-state index in [0.717, 1.165) is 19.5 Å². The van der Waals surface area contributed by atoms with Crippen molar-refractivity contribution in [2.45, 2.75) is 32.4 Å². The van der Waals surface area contributed by atoms with Crippen molar-refractivity contribution in [3.8, 4) is 0 Å². The Morgan fingerprint density at radius 2 is 2.18 bits per heavy atom. The molecule has 2 unspecified atom stereocenters. The number of piperazine rings is 1. The lowest BCUT2D eigenvalue weighted by atomic mass is 10.0. The van der Waals surface area contributed by atoms with Crippen LogP contribution in [0, 0.1) is 0 Å². The maximum absolute atomic E-state index is 9.49. The molecule has 1 aliphatic rings. The molecule has 1 aromatic carbocycles. The van der Waals surface area contributed by atoms with Gasteiger partial charge in [-0.05, 0) is 25.0 Å². The molecule has 17 heavy (non-hydrogen) atoms. The summed E-state index contributed by atoms with van der Waals surface area (Å²) in [6.07, 6.45) is 1.03. The van der Waals surface area contributed by atoms with Gasteiger partial charge in [0.05, 0.1) is 12.6 Å². The molecule has 1 heterocycles. The molecule has 1 aromatic rings. The van der Waals surface area contributed by atoms with Crippen molar-refractivity contribution >= 4 is 5.69 Å². The summed E-state index contributed by atoms with van der Waals surface area (Å²) in [4.78, 5) is 2.35. The van der Waals surface area contributed by atoms with Crippen LogP contribution in [0.15, 0.2) is 24.3 Å². The number of aryl methyl sites for hydroxylation is 1. The highest BCUT2D eigenvalue weighted by molar-refractivity contribution is 5.55. The van der Waals surface area contributed by atoms with E-state index < -0.39 is 0 Å². The molecule has 0 spiro atoms. The number of aliphatic hydroxyl groups is 1. The monoisotopic (exact) mass is 234 g/mol. The molecule has 0 aromatic heterocycles. The summed E-state index contributed by atoms with van der Waals surface area (Å²) >= 11 is 0. The maximum Gasteiger partial charge on any atom is 0.0647 e. The average molecular weight is 234 g/mol. The van der Waals surface area contributed by atoms with E-state index in [1.807, 2.05) is 0 Å². The molecule has 0 saturated carbocycles. The van der Waals surface area contributed by atoms with Gasteiger partial charge in [-0.1, -0.05) is 25.1 Å². The minimum Gasteiger partial charge on any atom is -0.394 e. The summed E-state index contributed by atoms with van der Waals surface area (Å²) in [5.41, 5.74) is 2.64. The molecule has 0 amide bonds. The van der Waals surface area contributed by atoms with Crippen LogP contribution in [0.5, 0.6) is 0 Å². The zero-order chi connectivity index (χ0) is 12.3. The predicted octanol–water partition coefficient (Wildman–Crippen LogP) is 1.41. The van der Waals surface area contributed by atoms with Crippen molar-refractivity contribution < 1.29 is 5.11 Å². The Balaban J connectivity index is 2.28. The molecule has 0 aliphatic carbocycles. The minimum absolute atomic E-state index is 0.193. The molecule has 1 aliphatic heterocycles. The smallest absolute Gasteiger partial charge is 0.0647 e. The Kier molecular flexibility index (Phi) is 4.02. The third kappa shape index (κ3) is 2.61. The van der Waals surface area contributed by atoms with Crippen molar-refractivity contribution in [3.63, 3.8) is 0 Å². The number of nitrogens with one attached hydrogen (secondary N) is 1. The lowest BCUT2D eigenvalue weighted by Crippen LogP contribution is -2.57. The van der Waals surface area contributed by atoms with Crippen molar-refractivity contribution in [1.29, 1.82) is 0 Å². The molecule has 3 nitrogen and oxygen atoms in total. The van der Waals surface area contributed by atoms with Gasteiger partial charge in [-0.2, -0.15) is 0 Å². The summed E-state index contributed by atoms with van der Waals surface area (Å²) < 4.78 is 0. The minimum atomic E-state index is 0.193. The lowest BCUT2D eigenvalue weighted by Gasteiger charge is -2.41. The van der Waals surface area contributed by atoms with Crippen molar-refractivity contribution in [2.24, 2.45) is 0 Å². The molecule has 2 rings (SSSR count). The number of para-hydroxylation sites is 1. The van der Waals surface area contributed by atoms with Gasteiger partial charge in [0.2, 0.25) is 0 Å². The van der Waals surface area contributed by atoms with Gasteiger partial charge in [-0.25, -0.2) is 0 Å². The Bertz CT molecular complexity index is 367. The van der Waals surface area contributed by atoms with Gasteiger partial charge in [0, 0.05) is 24.8 Å². The van der Waals surface area contributed by atoms with E-state index >= 15 is 0 Å². The van der Waals surface area contributed by atoms with Gasteiger partial charge < -0.3 is 15.3 Å². The fraction of sp³-hybridized carbons (Fsp3) is 0.571. The van der Waals surface area contributed by atoms with E-state index in [4.69, 9.17) is 0 Å². The summed E-state index contributed by atoms with van der Waals surface area (Å²) in [6.45, 7) is 6.39. The second kappa shape index (κ2) is 5.52. The van der Waals surface area contributed by atoms with Gasteiger partial charge in [0.1, 0.15) is 0 Å². The summed E-state index contributed by atoms with van der Waals surface area (Å²) in [5, 5.41) is 12.9. The van der Waals surface area contributed by atoms with Crippen LogP contribution in [-0.2, 0) is 6.42 Å². The van der Waals surface area contributed by atoms with Crippen molar-refractivity contribution in [3.05, 3.63) is 29.8 Å². The van der Waals surface area contributed by atoms with Gasteiger partial charge in [-0.15, -0.1) is 0 Å². The molecule has 0 radical (unpaired) electrons. The van der Waals surface area contributed by atoms with Crippen LogP contribution in [0.2, 0.25) is 0 Å². The Morgan fingerprint density at radius 1 is 1.41 bits per heavy atom. The molecule has 3 heteroatoms. The number of benzene rings is 1. The highest BCUT2D eigenvalue weighted by Gasteiger charge is 2.26. The standard InChI is InChI=1S/C14H22N2O/c1-3-12-6-4-5-7-14(12)16-9-11(2)15-8-13(16)10-17/h4-7,11,13,15,17H,3,8-10H2,1-2H3. The van der Waals surface area contributed by atoms with Crippen LogP contribution in [0.3, 0.4) is 0 Å². The molecular formula is C14H22N2O. The van der Waals surface area contributed by atoms with Crippen molar-refractivity contribution in [2.75, 3.05) is 24.6 Å². The first kappa shape index (κ1) is 12.4. The highest BCUT2D eigenvalue weighted by atomic mass is 16.3.